The van der Waals surface area contributed by atoms with Gasteiger partial charge in [-0.1, -0.05) is 104 Å². The van der Waals surface area contributed by atoms with Crippen LogP contribution in [0.4, 0.5) is 5.69 Å². The molecule has 0 saturated heterocycles. The summed E-state index contributed by atoms with van der Waals surface area (Å²) in [6.45, 7) is 6.42. The number of H-pyrrole nitrogens is 1. The summed E-state index contributed by atoms with van der Waals surface area (Å²) in [5, 5.41) is 19.7. The van der Waals surface area contributed by atoms with Crippen molar-refractivity contribution in [3.8, 4) is 11.8 Å². The first kappa shape index (κ1) is 24.7. The Morgan fingerprint density at radius 3 is 1.39 bits per heavy atom. The molecule has 4 heteroatoms. The molecule has 1 aromatic rings. The molecule has 0 atom stereocenters. The Morgan fingerprint density at radius 1 is 0.643 bits per heavy atom. The lowest BCUT2D eigenvalue weighted by Gasteiger charge is -2.23. The molecule has 0 aliphatic heterocycles. The Kier molecular flexibility index (Phi) is 14.7. The van der Waals surface area contributed by atoms with E-state index in [-0.39, 0.29) is 11.8 Å². The Morgan fingerprint density at radius 2 is 1.04 bits per heavy atom. The summed E-state index contributed by atoms with van der Waals surface area (Å²) in [6, 6.07) is 1.66. The molecule has 1 rings (SSSR count). The van der Waals surface area contributed by atoms with E-state index in [1.807, 2.05) is 0 Å². The van der Waals surface area contributed by atoms with Gasteiger partial charge in [-0.15, -0.1) is 0 Å². The van der Waals surface area contributed by atoms with Crippen molar-refractivity contribution in [1.29, 1.82) is 0 Å². The fourth-order valence-electron chi connectivity index (χ4n) is 3.89. The molecule has 1 aromatic heterocycles. The van der Waals surface area contributed by atoms with Crippen LogP contribution in [0.25, 0.3) is 0 Å². The fourth-order valence-corrected chi connectivity index (χ4v) is 3.89. The Labute approximate surface area is 173 Å². The van der Waals surface area contributed by atoms with E-state index in [2.05, 4.69) is 23.7 Å². The average molecular weight is 395 g/mol. The lowest BCUT2D eigenvalue weighted by atomic mass is 10.1. The molecule has 164 valence electrons. The molecule has 0 unspecified atom stereocenters. The van der Waals surface area contributed by atoms with Crippen LogP contribution >= 0.6 is 0 Å². The maximum atomic E-state index is 10.1. The van der Waals surface area contributed by atoms with Crippen LogP contribution in [-0.4, -0.2) is 28.3 Å². The molecule has 28 heavy (non-hydrogen) atoms. The first-order chi connectivity index (χ1) is 13.7. The minimum atomic E-state index is 0.0449. The van der Waals surface area contributed by atoms with Gasteiger partial charge in [-0.25, -0.2) is 0 Å². The van der Waals surface area contributed by atoms with Gasteiger partial charge in [0.2, 0.25) is 5.88 Å². The van der Waals surface area contributed by atoms with Gasteiger partial charge in [0.15, 0.2) is 5.88 Å². The molecular formula is C24H46N2O2. The number of hydrogen-bond donors (Lipinski definition) is 3. The maximum Gasteiger partial charge on any atom is 0.215 e. The molecule has 0 saturated carbocycles. The molecule has 0 aromatic carbocycles. The van der Waals surface area contributed by atoms with E-state index >= 15 is 0 Å². The van der Waals surface area contributed by atoms with Gasteiger partial charge in [0.25, 0.3) is 0 Å². The summed E-state index contributed by atoms with van der Waals surface area (Å²) in [5.41, 5.74) is 0.752. The standard InChI is InChI=1S/C24H46N2O2/c1-3-5-7-9-11-12-13-14-16-18-20-26(19-17-15-10-8-6-4-2)22-21-23(27)25-24(22)28/h21,25,27-28H,3-20H2,1-2H3. The molecule has 4 nitrogen and oxygen atoms in total. The van der Waals surface area contributed by atoms with E-state index in [0.717, 1.165) is 31.6 Å². The van der Waals surface area contributed by atoms with Crippen molar-refractivity contribution in [2.45, 2.75) is 117 Å². The SMILES string of the molecule is CCCCCCCCCCCCN(CCCCCCCC)c1cc(O)[nH]c1O. The van der Waals surface area contributed by atoms with Crippen molar-refractivity contribution < 1.29 is 10.2 Å². The molecule has 0 bridgehead atoms. The number of nitrogens with zero attached hydrogens (tertiary/aromatic N) is 1. The van der Waals surface area contributed by atoms with Crippen molar-refractivity contribution >= 4 is 5.69 Å². The second-order valence-electron chi connectivity index (χ2n) is 8.33. The molecule has 0 spiro atoms. The number of unbranched alkanes of at least 4 members (excludes halogenated alkanes) is 14. The average Bonchev–Trinajstić information content (AvgIpc) is 3.02. The van der Waals surface area contributed by atoms with E-state index in [1.54, 1.807) is 6.07 Å². The van der Waals surface area contributed by atoms with Crippen molar-refractivity contribution in [3.63, 3.8) is 0 Å². The molecule has 1 heterocycles. The Balaban J connectivity index is 2.23. The third-order valence-corrected chi connectivity index (χ3v) is 5.67. The van der Waals surface area contributed by atoms with Crippen molar-refractivity contribution in [3.05, 3.63) is 6.07 Å². The van der Waals surface area contributed by atoms with Gasteiger partial charge in [0.05, 0.1) is 0 Å². The third kappa shape index (κ3) is 11.5. The highest BCUT2D eigenvalue weighted by atomic mass is 16.3. The fraction of sp³-hybridized carbons (Fsp3) is 0.833. The van der Waals surface area contributed by atoms with E-state index in [4.69, 9.17) is 0 Å². The lowest BCUT2D eigenvalue weighted by molar-refractivity contribution is 0.425. The predicted molar refractivity (Wildman–Crippen MR) is 122 cm³/mol. The summed E-state index contributed by atoms with van der Waals surface area (Å²) < 4.78 is 0. The first-order valence-corrected chi connectivity index (χ1v) is 12.0. The predicted octanol–water partition coefficient (Wildman–Crippen LogP) is 7.51. The van der Waals surface area contributed by atoms with Crippen LogP contribution < -0.4 is 4.90 Å². The van der Waals surface area contributed by atoms with E-state index in [0.29, 0.717) is 0 Å². The Hall–Kier alpha value is -1.32. The summed E-state index contributed by atoms with van der Waals surface area (Å²) >= 11 is 0. The maximum absolute atomic E-state index is 10.1. The topological polar surface area (TPSA) is 59.5 Å². The number of anilines is 1. The second-order valence-corrected chi connectivity index (χ2v) is 8.33. The quantitative estimate of drug-likeness (QED) is 0.213. The van der Waals surface area contributed by atoms with Crippen LogP contribution in [0.2, 0.25) is 0 Å². The summed E-state index contributed by atoms with van der Waals surface area (Å²) in [6.07, 6.45) is 20.9. The monoisotopic (exact) mass is 394 g/mol. The highest BCUT2D eigenvalue weighted by Crippen LogP contribution is 2.31. The number of hydrogen-bond acceptors (Lipinski definition) is 3. The molecule has 0 aliphatic carbocycles. The van der Waals surface area contributed by atoms with Gasteiger partial charge in [0, 0.05) is 19.2 Å². The van der Waals surface area contributed by atoms with Crippen LogP contribution in [0.15, 0.2) is 6.07 Å². The normalized spacial score (nSPS) is 11.2. The number of aromatic amines is 1. The first-order valence-electron chi connectivity index (χ1n) is 12.0. The highest BCUT2D eigenvalue weighted by Gasteiger charge is 2.14. The van der Waals surface area contributed by atoms with Crippen LogP contribution in [-0.2, 0) is 0 Å². The summed E-state index contributed by atoms with van der Waals surface area (Å²) in [5.74, 6) is 0.138. The van der Waals surface area contributed by atoms with Gasteiger partial charge in [-0.05, 0) is 12.8 Å². The molecule has 0 amide bonds. The van der Waals surface area contributed by atoms with Crippen molar-refractivity contribution in [2.24, 2.45) is 0 Å². The van der Waals surface area contributed by atoms with Gasteiger partial charge < -0.3 is 15.1 Å². The number of nitrogens with one attached hydrogen (secondary N) is 1. The number of aromatic hydroxyl groups is 2. The third-order valence-electron chi connectivity index (χ3n) is 5.67. The Bertz CT molecular complexity index is 473. The van der Waals surface area contributed by atoms with Crippen molar-refractivity contribution in [2.75, 3.05) is 18.0 Å². The van der Waals surface area contributed by atoms with Crippen LogP contribution in [0.1, 0.15) is 117 Å². The van der Waals surface area contributed by atoms with E-state index in [9.17, 15) is 10.2 Å². The largest absolute Gasteiger partial charge is 0.494 e. The van der Waals surface area contributed by atoms with E-state index < -0.39 is 0 Å². The molecule has 0 fully saturated rings. The van der Waals surface area contributed by atoms with Gasteiger partial charge in [-0.2, -0.15) is 0 Å². The van der Waals surface area contributed by atoms with Crippen LogP contribution in [0.5, 0.6) is 11.8 Å². The number of rotatable bonds is 19. The minimum Gasteiger partial charge on any atom is -0.494 e. The van der Waals surface area contributed by atoms with Crippen molar-refractivity contribution in [1.82, 2.24) is 4.98 Å². The van der Waals surface area contributed by atoms with Crippen LogP contribution in [0, 0.1) is 0 Å². The van der Waals surface area contributed by atoms with Gasteiger partial charge in [0.1, 0.15) is 5.69 Å². The smallest absolute Gasteiger partial charge is 0.215 e. The summed E-state index contributed by atoms with van der Waals surface area (Å²) in [7, 11) is 0. The zero-order valence-electron chi connectivity index (χ0n) is 18.6. The zero-order valence-corrected chi connectivity index (χ0v) is 18.6. The van der Waals surface area contributed by atoms with Gasteiger partial charge in [-0.3, -0.25) is 4.98 Å². The second kappa shape index (κ2) is 16.6. The minimum absolute atomic E-state index is 0.0449. The lowest BCUT2D eigenvalue weighted by Crippen LogP contribution is -2.25. The molecule has 0 aliphatic rings. The number of aromatic nitrogens is 1. The molecular weight excluding hydrogens is 348 g/mol. The molecule has 0 radical (unpaired) electrons. The summed E-state index contributed by atoms with van der Waals surface area (Å²) in [4.78, 5) is 4.86. The highest BCUT2D eigenvalue weighted by molar-refractivity contribution is 5.58. The van der Waals surface area contributed by atoms with E-state index in [1.165, 1.54) is 89.9 Å². The molecule has 3 N–H and O–H groups in total. The zero-order chi connectivity index (χ0) is 20.5. The van der Waals surface area contributed by atoms with Crippen LogP contribution in [0.3, 0.4) is 0 Å². The van der Waals surface area contributed by atoms with Gasteiger partial charge >= 0.3 is 0 Å².